The Balaban J connectivity index is 1.69. The van der Waals surface area contributed by atoms with Gasteiger partial charge < -0.3 is 14.7 Å². The summed E-state index contributed by atoms with van der Waals surface area (Å²) >= 11 is 8.96. The Labute approximate surface area is 228 Å². The van der Waals surface area contributed by atoms with Gasteiger partial charge in [-0.15, -0.1) is 11.3 Å². The smallest absolute Gasteiger partial charge is 0.237 e. The van der Waals surface area contributed by atoms with Crippen LogP contribution < -0.4 is 9.64 Å². The van der Waals surface area contributed by atoms with E-state index in [1.807, 2.05) is 55.9 Å². The van der Waals surface area contributed by atoms with Crippen molar-refractivity contribution in [1.82, 2.24) is 9.97 Å². The molecule has 0 saturated carbocycles. The lowest BCUT2D eigenvalue weighted by Gasteiger charge is -2.19. The fraction of sp³-hybridized carbons (Fsp3) is 0.185. The molecule has 0 saturated heterocycles. The summed E-state index contributed by atoms with van der Waals surface area (Å²) in [6.45, 7) is 7.95. The summed E-state index contributed by atoms with van der Waals surface area (Å²) in [7, 11) is 3.65. The SMILES string of the molecule is [C-]#[N+]c1c(N(C)C)nc(SCc2csc(-c3ccc(Cl)cc3)n2)c(C#N)c1-c1ccc(OCCO)cc1. The molecule has 0 radical (unpaired) electrons. The Hall–Kier alpha value is -3.60. The van der Waals surface area contributed by atoms with Gasteiger partial charge in [0.05, 0.1) is 24.4 Å². The normalized spacial score (nSPS) is 10.5. The van der Waals surface area contributed by atoms with E-state index < -0.39 is 0 Å². The summed E-state index contributed by atoms with van der Waals surface area (Å²) in [6, 6.07) is 17.0. The molecule has 0 aliphatic heterocycles. The van der Waals surface area contributed by atoms with E-state index in [1.54, 1.807) is 28.4 Å². The molecule has 37 heavy (non-hydrogen) atoms. The number of pyridine rings is 1. The van der Waals surface area contributed by atoms with Gasteiger partial charge >= 0.3 is 0 Å². The second-order valence-corrected chi connectivity index (χ2v) is 10.3. The van der Waals surface area contributed by atoms with E-state index in [0.717, 1.165) is 16.3 Å². The van der Waals surface area contributed by atoms with Crippen molar-refractivity contribution in [3.05, 3.63) is 81.6 Å². The fourth-order valence-electron chi connectivity index (χ4n) is 3.57. The largest absolute Gasteiger partial charge is 0.491 e. The first-order valence-electron chi connectivity index (χ1n) is 11.1. The molecular formula is C27H22ClN5O2S2. The Kier molecular flexibility index (Phi) is 8.65. The van der Waals surface area contributed by atoms with Gasteiger partial charge in [0.25, 0.3) is 0 Å². The highest BCUT2D eigenvalue weighted by atomic mass is 35.5. The number of thioether (sulfide) groups is 1. The van der Waals surface area contributed by atoms with Gasteiger partial charge in [0.1, 0.15) is 34.3 Å². The van der Waals surface area contributed by atoms with Crippen LogP contribution in [0.3, 0.4) is 0 Å². The van der Waals surface area contributed by atoms with Crippen LogP contribution in [0, 0.1) is 17.9 Å². The third kappa shape index (κ3) is 6.04. The van der Waals surface area contributed by atoms with Crippen LogP contribution in [0.4, 0.5) is 11.5 Å². The summed E-state index contributed by atoms with van der Waals surface area (Å²) in [5.74, 6) is 1.60. The third-order valence-corrected chi connectivity index (χ3v) is 7.47. The summed E-state index contributed by atoms with van der Waals surface area (Å²) < 4.78 is 5.46. The first kappa shape index (κ1) is 26.5. The predicted octanol–water partition coefficient (Wildman–Crippen LogP) is 6.68. The number of nitriles is 1. The summed E-state index contributed by atoms with van der Waals surface area (Å²) in [5.41, 5.74) is 3.77. The second-order valence-electron chi connectivity index (χ2n) is 7.99. The lowest BCUT2D eigenvalue weighted by molar-refractivity contribution is 0.201. The van der Waals surface area contributed by atoms with Crippen LogP contribution in [0.15, 0.2) is 58.9 Å². The number of rotatable bonds is 9. The van der Waals surface area contributed by atoms with Gasteiger partial charge in [0.15, 0.2) is 0 Å². The molecule has 0 atom stereocenters. The minimum absolute atomic E-state index is 0.0838. The molecule has 0 aliphatic carbocycles. The number of thiazole rings is 1. The molecule has 2 heterocycles. The van der Waals surface area contributed by atoms with Crippen molar-refractivity contribution in [2.24, 2.45) is 0 Å². The molecule has 2 aromatic carbocycles. The monoisotopic (exact) mass is 547 g/mol. The van der Waals surface area contributed by atoms with Gasteiger partial charge in [-0.1, -0.05) is 47.6 Å². The van der Waals surface area contributed by atoms with E-state index in [1.165, 1.54) is 11.8 Å². The maximum atomic E-state index is 10.2. The minimum Gasteiger partial charge on any atom is -0.491 e. The highest BCUT2D eigenvalue weighted by Gasteiger charge is 2.23. The molecule has 0 unspecified atom stereocenters. The Morgan fingerprint density at radius 3 is 2.46 bits per heavy atom. The van der Waals surface area contributed by atoms with Crippen LogP contribution >= 0.6 is 34.7 Å². The van der Waals surface area contributed by atoms with Gasteiger partial charge in [0, 0.05) is 41.4 Å². The van der Waals surface area contributed by atoms with Gasteiger partial charge in [-0.2, -0.15) is 5.26 Å². The lowest BCUT2D eigenvalue weighted by Crippen LogP contribution is -2.12. The van der Waals surface area contributed by atoms with Crippen molar-refractivity contribution in [2.45, 2.75) is 10.8 Å². The second kappa shape index (κ2) is 12.1. The van der Waals surface area contributed by atoms with Gasteiger partial charge in [0.2, 0.25) is 5.69 Å². The van der Waals surface area contributed by atoms with Crippen molar-refractivity contribution in [1.29, 1.82) is 5.26 Å². The van der Waals surface area contributed by atoms with Crippen LogP contribution in [0.1, 0.15) is 11.3 Å². The number of aliphatic hydroxyl groups is 1. The van der Waals surface area contributed by atoms with Gasteiger partial charge in [-0.3, -0.25) is 0 Å². The number of benzene rings is 2. The summed E-state index contributed by atoms with van der Waals surface area (Å²) in [5, 5.41) is 23.3. The molecule has 10 heteroatoms. The van der Waals surface area contributed by atoms with E-state index in [2.05, 4.69) is 10.9 Å². The Morgan fingerprint density at radius 1 is 1.14 bits per heavy atom. The maximum Gasteiger partial charge on any atom is 0.237 e. The highest BCUT2D eigenvalue weighted by Crippen LogP contribution is 2.44. The number of anilines is 1. The van der Waals surface area contributed by atoms with E-state index in [-0.39, 0.29) is 13.2 Å². The van der Waals surface area contributed by atoms with Crippen molar-refractivity contribution >= 4 is 46.2 Å². The molecule has 0 bridgehead atoms. The average Bonchev–Trinajstić information content (AvgIpc) is 3.39. The third-order valence-electron chi connectivity index (χ3n) is 5.27. The zero-order valence-corrected chi connectivity index (χ0v) is 22.5. The van der Waals surface area contributed by atoms with E-state index in [0.29, 0.717) is 49.7 Å². The number of aromatic nitrogens is 2. The highest BCUT2D eigenvalue weighted by molar-refractivity contribution is 7.98. The van der Waals surface area contributed by atoms with E-state index >= 15 is 0 Å². The molecule has 0 fully saturated rings. The number of ether oxygens (including phenoxy) is 1. The molecule has 4 aromatic rings. The molecule has 0 aliphatic rings. The number of aliphatic hydroxyl groups excluding tert-OH is 1. The van der Waals surface area contributed by atoms with Crippen molar-refractivity contribution in [3.8, 4) is 33.5 Å². The molecular weight excluding hydrogens is 526 g/mol. The quantitative estimate of drug-likeness (QED) is 0.185. The fourth-order valence-corrected chi connectivity index (χ4v) is 5.50. The molecule has 2 aromatic heterocycles. The number of halogens is 1. The minimum atomic E-state index is -0.0838. The molecule has 1 N–H and O–H groups in total. The average molecular weight is 548 g/mol. The van der Waals surface area contributed by atoms with E-state index in [9.17, 15) is 5.26 Å². The molecule has 7 nitrogen and oxygen atoms in total. The molecule has 186 valence electrons. The summed E-state index contributed by atoms with van der Waals surface area (Å²) in [4.78, 5) is 15.0. The molecule has 0 spiro atoms. The van der Waals surface area contributed by atoms with Crippen molar-refractivity contribution in [3.63, 3.8) is 0 Å². The number of nitrogens with zero attached hydrogens (tertiary/aromatic N) is 5. The number of hydrogen-bond acceptors (Lipinski definition) is 8. The van der Waals surface area contributed by atoms with Crippen LogP contribution in [0.5, 0.6) is 5.75 Å². The van der Waals surface area contributed by atoms with Gasteiger partial charge in [-0.25, -0.2) is 14.8 Å². The maximum absolute atomic E-state index is 10.2. The van der Waals surface area contributed by atoms with Gasteiger partial charge in [-0.05, 0) is 29.8 Å². The number of hydrogen-bond donors (Lipinski definition) is 1. The van der Waals surface area contributed by atoms with Crippen molar-refractivity contribution in [2.75, 3.05) is 32.2 Å². The van der Waals surface area contributed by atoms with Crippen molar-refractivity contribution < 1.29 is 9.84 Å². The zero-order chi connectivity index (χ0) is 26.4. The molecule has 0 amide bonds. The van der Waals surface area contributed by atoms with Crippen LogP contribution in [0.2, 0.25) is 5.02 Å². The predicted molar refractivity (Wildman–Crippen MR) is 150 cm³/mol. The Morgan fingerprint density at radius 2 is 1.84 bits per heavy atom. The van der Waals surface area contributed by atoms with Crippen LogP contribution in [0.25, 0.3) is 26.5 Å². The first-order valence-corrected chi connectivity index (χ1v) is 13.4. The van der Waals surface area contributed by atoms with Crippen LogP contribution in [-0.2, 0) is 5.75 Å². The first-order chi connectivity index (χ1) is 17.9. The Bertz CT molecular complexity index is 1470. The lowest BCUT2D eigenvalue weighted by atomic mass is 9.99. The topological polar surface area (TPSA) is 86.6 Å². The summed E-state index contributed by atoms with van der Waals surface area (Å²) in [6.07, 6.45) is 0. The van der Waals surface area contributed by atoms with Crippen LogP contribution in [-0.4, -0.2) is 42.4 Å². The molecule has 4 rings (SSSR count). The zero-order valence-electron chi connectivity index (χ0n) is 20.1. The standard InChI is InChI=1S/C27H22ClN5O2S2/c1-30-24-23(17-6-10-21(11-7-17)35-13-12-34)22(14-29)27(32-25(24)33(2)3)37-16-20-15-36-26(31-20)18-4-8-19(28)9-5-18/h4-11,15,34H,12-13,16H2,2-3H3. The van der Waals surface area contributed by atoms with E-state index in [4.69, 9.17) is 38.0 Å².